The summed E-state index contributed by atoms with van der Waals surface area (Å²) in [6.45, 7) is 2.61. The molecule has 0 aliphatic carbocycles. The number of aryl methyl sites for hydroxylation is 2. The molecular formula is C21H21N3O3. The lowest BCUT2D eigenvalue weighted by Gasteiger charge is -2.28. The molecule has 6 heteroatoms. The lowest BCUT2D eigenvalue weighted by molar-refractivity contribution is 0.278. The molecule has 0 radical (unpaired) electrons. The first-order chi connectivity index (χ1) is 13.1. The molecule has 138 valence electrons. The van der Waals surface area contributed by atoms with Crippen molar-refractivity contribution in [1.82, 2.24) is 9.55 Å². The number of benzene rings is 2. The molecule has 0 spiro atoms. The van der Waals surface area contributed by atoms with Gasteiger partial charge in [-0.15, -0.1) is 0 Å². The number of hydrogen-bond acceptors (Lipinski definition) is 5. The van der Waals surface area contributed by atoms with Gasteiger partial charge in [0.2, 0.25) is 5.88 Å². The van der Waals surface area contributed by atoms with Crippen LogP contribution < -0.4 is 10.2 Å². The molecule has 0 saturated heterocycles. The summed E-state index contributed by atoms with van der Waals surface area (Å²) in [6.07, 6.45) is 2.12. The van der Waals surface area contributed by atoms with Crippen LogP contribution >= 0.6 is 0 Å². The first-order valence-corrected chi connectivity index (χ1v) is 8.90. The Morgan fingerprint density at radius 2 is 1.96 bits per heavy atom. The minimum atomic E-state index is -0.216. The minimum absolute atomic E-state index is 0.0591. The number of ether oxygens (including phenoxy) is 1. The zero-order valence-electron chi connectivity index (χ0n) is 15.0. The van der Waals surface area contributed by atoms with Gasteiger partial charge < -0.3 is 19.5 Å². The molecule has 2 aromatic carbocycles. The topological polar surface area (TPSA) is 91.4 Å². The average Bonchev–Trinajstić information content (AvgIpc) is 2.66. The summed E-state index contributed by atoms with van der Waals surface area (Å²) < 4.78 is 7.65. The molecule has 0 amide bonds. The Balaban J connectivity index is 1.93. The van der Waals surface area contributed by atoms with Crippen molar-refractivity contribution in [2.75, 3.05) is 6.61 Å². The average molecular weight is 363 g/mol. The minimum Gasteiger partial charge on any atom is -0.508 e. The van der Waals surface area contributed by atoms with Gasteiger partial charge in [-0.2, -0.15) is 0 Å². The Kier molecular flexibility index (Phi) is 4.41. The van der Waals surface area contributed by atoms with Crippen LogP contribution in [-0.2, 0) is 6.54 Å². The molecule has 4 rings (SSSR count). The number of nitrogens with zero attached hydrogens (tertiary/aromatic N) is 2. The Bertz CT molecular complexity index is 1040. The number of fused-ring (bicyclic) bond motifs is 2. The van der Waals surface area contributed by atoms with Crippen LogP contribution in [0.15, 0.2) is 48.8 Å². The van der Waals surface area contributed by atoms with E-state index in [-0.39, 0.29) is 18.3 Å². The van der Waals surface area contributed by atoms with E-state index in [0.29, 0.717) is 35.6 Å². The summed E-state index contributed by atoms with van der Waals surface area (Å²) in [5.74, 6) is 0.837. The monoisotopic (exact) mass is 363 g/mol. The van der Waals surface area contributed by atoms with Gasteiger partial charge in [0.1, 0.15) is 23.3 Å². The number of nitrogens with one attached hydrogen (secondary N) is 1. The van der Waals surface area contributed by atoms with Gasteiger partial charge in [-0.25, -0.2) is 4.98 Å². The van der Waals surface area contributed by atoms with E-state index in [1.807, 2.05) is 25.1 Å². The molecule has 0 unspecified atom stereocenters. The van der Waals surface area contributed by atoms with E-state index in [1.165, 1.54) is 0 Å². The van der Waals surface area contributed by atoms with Crippen LogP contribution in [0.5, 0.6) is 17.4 Å². The summed E-state index contributed by atoms with van der Waals surface area (Å²) >= 11 is 0. The number of hydrogen-bond donors (Lipinski definition) is 3. The second-order valence-corrected chi connectivity index (χ2v) is 6.75. The lowest BCUT2D eigenvalue weighted by Crippen LogP contribution is -2.30. The van der Waals surface area contributed by atoms with Crippen LogP contribution in [0.1, 0.15) is 34.6 Å². The fourth-order valence-electron chi connectivity index (χ4n) is 3.47. The van der Waals surface area contributed by atoms with Crippen molar-refractivity contribution in [3.05, 3.63) is 76.5 Å². The van der Waals surface area contributed by atoms with E-state index in [9.17, 15) is 5.11 Å². The van der Waals surface area contributed by atoms with Crippen LogP contribution in [0.25, 0.3) is 0 Å². The maximum Gasteiger partial charge on any atom is 0.228 e. The Morgan fingerprint density at radius 1 is 1.19 bits per heavy atom. The van der Waals surface area contributed by atoms with Gasteiger partial charge in [-0.1, -0.05) is 35.9 Å². The van der Waals surface area contributed by atoms with Crippen molar-refractivity contribution in [3.63, 3.8) is 0 Å². The predicted octanol–water partition coefficient (Wildman–Crippen LogP) is 3.04. The molecule has 2 heterocycles. The van der Waals surface area contributed by atoms with Crippen LogP contribution in [0.3, 0.4) is 0 Å². The van der Waals surface area contributed by atoms with Gasteiger partial charge in [0, 0.05) is 30.7 Å². The highest BCUT2D eigenvalue weighted by Gasteiger charge is 2.32. The first kappa shape index (κ1) is 17.3. The molecular weight excluding hydrogens is 342 g/mol. The lowest BCUT2D eigenvalue weighted by atomic mass is 9.83. The molecule has 0 bridgehead atoms. The number of aromatic nitrogens is 2. The summed E-state index contributed by atoms with van der Waals surface area (Å²) in [5.41, 5.74) is 4.09. The third-order valence-corrected chi connectivity index (χ3v) is 4.86. The summed E-state index contributed by atoms with van der Waals surface area (Å²) in [7, 11) is 0. The van der Waals surface area contributed by atoms with Crippen LogP contribution in [0.4, 0.5) is 0 Å². The summed E-state index contributed by atoms with van der Waals surface area (Å²) in [5, 5.41) is 27.7. The molecule has 6 nitrogen and oxygen atoms in total. The van der Waals surface area contributed by atoms with Gasteiger partial charge in [0.05, 0.1) is 5.56 Å². The van der Waals surface area contributed by atoms with Crippen LogP contribution in [-0.4, -0.2) is 26.4 Å². The van der Waals surface area contributed by atoms with E-state index >= 15 is 0 Å². The zero-order valence-corrected chi connectivity index (χ0v) is 15.0. The number of aliphatic hydroxyl groups is 1. The number of aromatic hydroxyl groups is 1. The molecule has 0 fully saturated rings. The number of aliphatic hydroxyl groups excluding tert-OH is 1. The van der Waals surface area contributed by atoms with Crippen LogP contribution in [0.2, 0.25) is 0 Å². The van der Waals surface area contributed by atoms with Gasteiger partial charge >= 0.3 is 0 Å². The highest BCUT2D eigenvalue weighted by Crippen LogP contribution is 2.45. The third kappa shape index (κ3) is 3.08. The summed E-state index contributed by atoms with van der Waals surface area (Å²) in [6, 6.07) is 13.2. The van der Waals surface area contributed by atoms with Crippen molar-refractivity contribution < 1.29 is 14.9 Å². The maximum atomic E-state index is 9.86. The van der Waals surface area contributed by atoms with Gasteiger partial charge in [-0.05, 0) is 25.0 Å². The number of phenols is 1. The maximum absolute atomic E-state index is 9.86. The van der Waals surface area contributed by atoms with Gasteiger partial charge in [0.15, 0.2) is 0 Å². The van der Waals surface area contributed by atoms with E-state index in [1.54, 1.807) is 23.0 Å². The Labute approximate surface area is 156 Å². The highest BCUT2D eigenvalue weighted by atomic mass is 16.5. The highest BCUT2D eigenvalue weighted by molar-refractivity contribution is 5.57. The van der Waals surface area contributed by atoms with E-state index in [0.717, 1.165) is 16.7 Å². The first-order valence-electron chi connectivity index (χ1n) is 8.90. The third-order valence-electron chi connectivity index (χ3n) is 4.86. The predicted molar refractivity (Wildman–Crippen MR) is 100 cm³/mol. The van der Waals surface area contributed by atoms with Crippen molar-refractivity contribution in [1.29, 1.82) is 5.41 Å². The fraction of sp³-hybridized carbons (Fsp3) is 0.238. The number of rotatable bonds is 4. The quantitative estimate of drug-likeness (QED) is 0.520. The van der Waals surface area contributed by atoms with Crippen molar-refractivity contribution >= 4 is 0 Å². The molecule has 3 N–H and O–H groups in total. The molecule has 1 aliphatic rings. The zero-order chi connectivity index (χ0) is 19.0. The Morgan fingerprint density at radius 3 is 2.70 bits per heavy atom. The van der Waals surface area contributed by atoms with Crippen molar-refractivity contribution in [2.24, 2.45) is 0 Å². The molecule has 0 saturated carbocycles. The second-order valence-electron chi connectivity index (χ2n) is 6.75. The standard InChI is InChI=1S/C21H21N3O3/c1-13-3-5-14(6-4-13)18-16-8-7-15(26)11-17(16)27-21-19(18)20(22)24(12-23-21)9-2-10-25/h3-8,11-12,18,22,25-26H,2,9-10H2,1H3/t18-/m0/s1. The molecule has 27 heavy (non-hydrogen) atoms. The van der Waals surface area contributed by atoms with Crippen molar-refractivity contribution in [2.45, 2.75) is 25.8 Å². The van der Waals surface area contributed by atoms with Gasteiger partial charge in [-0.3, -0.25) is 5.41 Å². The SMILES string of the molecule is Cc1ccc([C@H]2c3ccc(O)cc3Oc3ncn(CCCO)c(=N)c32)cc1. The Hall–Kier alpha value is -3.12. The van der Waals surface area contributed by atoms with E-state index < -0.39 is 0 Å². The molecule has 1 aliphatic heterocycles. The largest absolute Gasteiger partial charge is 0.508 e. The van der Waals surface area contributed by atoms with E-state index in [2.05, 4.69) is 17.1 Å². The molecule has 3 aromatic rings. The van der Waals surface area contributed by atoms with Gasteiger partial charge in [0.25, 0.3) is 0 Å². The second kappa shape index (κ2) is 6.89. The molecule has 1 atom stereocenters. The van der Waals surface area contributed by atoms with Crippen molar-refractivity contribution in [3.8, 4) is 17.4 Å². The summed E-state index contributed by atoms with van der Waals surface area (Å²) in [4.78, 5) is 4.41. The fourth-order valence-corrected chi connectivity index (χ4v) is 3.47. The number of phenolic OH excluding ortho intramolecular Hbond substituents is 1. The smallest absolute Gasteiger partial charge is 0.228 e. The normalized spacial score (nSPS) is 15.0. The molecule has 1 aromatic heterocycles. The van der Waals surface area contributed by atoms with Crippen LogP contribution in [0, 0.1) is 12.3 Å². The van der Waals surface area contributed by atoms with E-state index in [4.69, 9.17) is 15.3 Å².